The smallest absolute Gasteiger partial charge is 0.224 e. The van der Waals surface area contributed by atoms with Crippen molar-refractivity contribution in [3.8, 4) is 11.8 Å². The van der Waals surface area contributed by atoms with E-state index in [1.807, 2.05) is 6.92 Å². The van der Waals surface area contributed by atoms with Crippen LogP contribution in [0.1, 0.15) is 25.3 Å². The fraction of sp³-hybridized carbons (Fsp3) is 0.400. The highest BCUT2D eigenvalue weighted by Gasteiger charge is 2.07. The van der Waals surface area contributed by atoms with Gasteiger partial charge >= 0.3 is 0 Å². The Balaban J connectivity index is 2.66. The Morgan fingerprint density at radius 1 is 1.55 bits per heavy atom. The fourth-order valence-corrected chi connectivity index (χ4v) is 1.52. The summed E-state index contributed by atoms with van der Waals surface area (Å²) < 4.78 is 18.5. The molecule has 0 heterocycles. The predicted molar refractivity (Wildman–Crippen MR) is 76.7 cm³/mol. The molecule has 3 N–H and O–H groups in total. The number of anilines is 1. The molecule has 0 fully saturated rings. The van der Waals surface area contributed by atoms with Gasteiger partial charge in [0, 0.05) is 19.2 Å². The molecule has 0 spiro atoms. The highest BCUT2D eigenvalue weighted by Crippen LogP contribution is 2.14. The average Bonchev–Trinajstić information content (AvgIpc) is 2.45. The Kier molecular flexibility index (Phi) is 6.71. The molecule has 1 rings (SSSR count). The number of hydrogen-bond acceptors (Lipinski definition) is 3. The molecule has 0 saturated heterocycles. The van der Waals surface area contributed by atoms with Crippen LogP contribution in [0.25, 0.3) is 0 Å². The van der Waals surface area contributed by atoms with Crippen molar-refractivity contribution in [3.05, 3.63) is 29.6 Å². The van der Waals surface area contributed by atoms with E-state index in [0.717, 1.165) is 0 Å². The van der Waals surface area contributed by atoms with Gasteiger partial charge in [-0.15, -0.1) is 0 Å². The maximum atomic E-state index is 13.5. The number of nitrogens with two attached hydrogens (primary N) is 1. The summed E-state index contributed by atoms with van der Waals surface area (Å²) in [4.78, 5) is 11.7. The SMILES string of the molecule is COC(C)CCC(=O)Nc1ccc(F)c(C#CCN)c1. The minimum atomic E-state index is -0.433. The van der Waals surface area contributed by atoms with Crippen LogP contribution in [0.2, 0.25) is 0 Å². The largest absolute Gasteiger partial charge is 0.382 e. The van der Waals surface area contributed by atoms with E-state index in [2.05, 4.69) is 17.2 Å². The summed E-state index contributed by atoms with van der Waals surface area (Å²) in [6.45, 7) is 2.05. The number of benzene rings is 1. The third kappa shape index (κ3) is 5.39. The second-order valence-electron chi connectivity index (χ2n) is 4.33. The van der Waals surface area contributed by atoms with Gasteiger partial charge < -0.3 is 15.8 Å². The molecule has 1 aromatic carbocycles. The van der Waals surface area contributed by atoms with Crippen molar-refractivity contribution in [2.45, 2.75) is 25.9 Å². The first kappa shape index (κ1) is 16.2. The van der Waals surface area contributed by atoms with Gasteiger partial charge in [0.2, 0.25) is 5.91 Å². The average molecular weight is 278 g/mol. The molecule has 108 valence electrons. The lowest BCUT2D eigenvalue weighted by molar-refractivity contribution is -0.116. The quantitative estimate of drug-likeness (QED) is 0.808. The number of methoxy groups -OCH3 is 1. The van der Waals surface area contributed by atoms with Gasteiger partial charge in [0.05, 0.1) is 18.2 Å². The van der Waals surface area contributed by atoms with Gasteiger partial charge in [-0.25, -0.2) is 4.39 Å². The molecular weight excluding hydrogens is 259 g/mol. The summed E-state index contributed by atoms with van der Waals surface area (Å²) in [5.74, 6) is 4.63. The Morgan fingerprint density at radius 2 is 2.30 bits per heavy atom. The molecule has 1 aromatic rings. The second-order valence-corrected chi connectivity index (χ2v) is 4.33. The van der Waals surface area contributed by atoms with E-state index in [1.54, 1.807) is 7.11 Å². The molecule has 1 atom stereocenters. The topological polar surface area (TPSA) is 64.3 Å². The van der Waals surface area contributed by atoms with Crippen LogP contribution in [-0.2, 0) is 9.53 Å². The van der Waals surface area contributed by atoms with Crippen LogP contribution in [0.3, 0.4) is 0 Å². The third-order valence-electron chi connectivity index (χ3n) is 2.76. The van der Waals surface area contributed by atoms with Gasteiger partial charge in [0.1, 0.15) is 5.82 Å². The highest BCUT2D eigenvalue weighted by molar-refractivity contribution is 5.90. The van der Waals surface area contributed by atoms with Gasteiger partial charge in [0.15, 0.2) is 0 Å². The first-order valence-corrected chi connectivity index (χ1v) is 6.38. The number of rotatable bonds is 5. The molecule has 0 saturated carbocycles. The summed E-state index contributed by atoms with van der Waals surface area (Å²) >= 11 is 0. The van der Waals surface area contributed by atoms with Crippen LogP contribution in [0.15, 0.2) is 18.2 Å². The van der Waals surface area contributed by atoms with E-state index in [4.69, 9.17) is 10.5 Å². The van der Waals surface area contributed by atoms with Crippen molar-refractivity contribution < 1.29 is 13.9 Å². The van der Waals surface area contributed by atoms with Gasteiger partial charge in [-0.3, -0.25) is 4.79 Å². The zero-order valence-corrected chi connectivity index (χ0v) is 11.7. The highest BCUT2D eigenvalue weighted by atomic mass is 19.1. The maximum Gasteiger partial charge on any atom is 0.224 e. The van der Waals surface area contributed by atoms with E-state index < -0.39 is 5.82 Å². The normalized spacial score (nSPS) is 11.4. The maximum absolute atomic E-state index is 13.5. The Hall–Kier alpha value is -1.90. The number of nitrogens with one attached hydrogen (secondary N) is 1. The summed E-state index contributed by atoms with van der Waals surface area (Å²) in [7, 11) is 1.60. The molecular formula is C15H19FN2O2. The first-order valence-electron chi connectivity index (χ1n) is 6.38. The predicted octanol–water partition coefficient (Wildman–Crippen LogP) is 1.89. The molecule has 0 aliphatic carbocycles. The van der Waals surface area contributed by atoms with Crippen molar-refractivity contribution in [2.24, 2.45) is 5.73 Å². The minimum absolute atomic E-state index is 0.0277. The van der Waals surface area contributed by atoms with Crippen LogP contribution in [0, 0.1) is 17.7 Å². The Morgan fingerprint density at radius 3 is 2.95 bits per heavy atom. The lowest BCUT2D eigenvalue weighted by atomic mass is 10.1. The fourth-order valence-electron chi connectivity index (χ4n) is 1.52. The van der Waals surface area contributed by atoms with Crippen LogP contribution in [-0.4, -0.2) is 25.7 Å². The van der Waals surface area contributed by atoms with Crippen LogP contribution < -0.4 is 11.1 Å². The van der Waals surface area contributed by atoms with Crippen LogP contribution in [0.4, 0.5) is 10.1 Å². The van der Waals surface area contributed by atoms with Gasteiger partial charge in [-0.05, 0) is 31.5 Å². The van der Waals surface area contributed by atoms with Gasteiger partial charge in [-0.2, -0.15) is 0 Å². The molecule has 0 aromatic heterocycles. The van der Waals surface area contributed by atoms with E-state index in [0.29, 0.717) is 18.5 Å². The summed E-state index contributed by atoms with van der Waals surface area (Å²) in [5, 5.41) is 2.71. The van der Waals surface area contributed by atoms with Crippen LogP contribution in [0.5, 0.6) is 0 Å². The molecule has 0 radical (unpaired) electrons. The number of hydrogen-bond donors (Lipinski definition) is 2. The lowest BCUT2D eigenvalue weighted by Gasteiger charge is -2.09. The van der Waals surface area contributed by atoms with Crippen LogP contribution >= 0.6 is 0 Å². The molecule has 4 nitrogen and oxygen atoms in total. The van der Waals surface area contributed by atoms with Crippen molar-refractivity contribution in [1.82, 2.24) is 0 Å². The molecule has 5 heteroatoms. The second kappa shape index (κ2) is 8.31. The summed E-state index contributed by atoms with van der Waals surface area (Å²) in [6.07, 6.45) is 1.000. The number of ether oxygens (including phenoxy) is 1. The molecule has 1 unspecified atom stereocenters. The Bertz CT molecular complexity index is 520. The summed E-state index contributed by atoms with van der Waals surface area (Å²) in [6, 6.07) is 4.27. The van der Waals surface area contributed by atoms with Crippen molar-refractivity contribution in [2.75, 3.05) is 19.0 Å². The number of amides is 1. The molecule has 0 aliphatic rings. The molecule has 0 bridgehead atoms. The zero-order chi connectivity index (χ0) is 15.0. The van der Waals surface area contributed by atoms with Crippen molar-refractivity contribution >= 4 is 11.6 Å². The first-order chi connectivity index (χ1) is 9.56. The summed E-state index contributed by atoms with van der Waals surface area (Å²) in [5.41, 5.74) is 5.99. The van der Waals surface area contributed by atoms with E-state index in [-0.39, 0.29) is 24.1 Å². The minimum Gasteiger partial charge on any atom is -0.382 e. The van der Waals surface area contributed by atoms with Crippen molar-refractivity contribution in [1.29, 1.82) is 0 Å². The number of halogens is 1. The lowest BCUT2D eigenvalue weighted by Crippen LogP contribution is -2.15. The monoisotopic (exact) mass is 278 g/mol. The molecule has 0 aliphatic heterocycles. The zero-order valence-electron chi connectivity index (χ0n) is 11.7. The number of carbonyl (C=O) groups is 1. The van der Waals surface area contributed by atoms with E-state index >= 15 is 0 Å². The molecule has 20 heavy (non-hydrogen) atoms. The van der Waals surface area contributed by atoms with Crippen molar-refractivity contribution in [3.63, 3.8) is 0 Å². The third-order valence-corrected chi connectivity index (χ3v) is 2.76. The number of carbonyl (C=O) groups excluding carboxylic acids is 1. The van der Waals surface area contributed by atoms with E-state index in [1.165, 1.54) is 18.2 Å². The van der Waals surface area contributed by atoms with E-state index in [9.17, 15) is 9.18 Å². The van der Waals surface area contributed by atoms with Gasteiger partial charge in [0.25, 0.3) is 0 Å². The Labute approximate surface area is 118 Å². The standard InChI is InChI=1S/C15H19FN2O2/c1-11(20-2)5-8-15(19)18-13-6-7-14(16)12(10-13)4-3-9-17/h6-7,10-11H,5,8-9,17H2,1-2H3,(H,18,19). The van der Waals surface area contributed by atoms with Gasteiger partial charge in [-0.1, -0.05) is 11.8 Å². The molecule has 1 amide bonds.